The molecule has 102 valence electrons. The minimum atomic E-state index is -0.984. The van der Waals surface area contributed by atoms with Crippen LogP contribution in [-0.4, -0.2) is 53.5 Å². The van der Waals surface area contributed by atoms with Crippen LogP contribution in [0.2, 0.25) is 0 Å². The third kappa shape index (κ3) is 3.43. The average molecular weight is 257 g/mol. The zero-order valence-electron chi connectivity index (χ0n) is 10.4. The number of likely N-dealkylation sites (N-methyl/N-ethyl adjacent to an activating group) is 1. The Kier molecular flexibility index (Phi) is 5.08. The van der Waals surface area contributed by atoms with Crippen LogP contribution in [0.5, 0.6) is 0 Å². The highest BCUT2D eigenvalue weighted by Crippen LogP contribution is 2.18. The Balaban J connectivity index is 2.59. The van der Waals surface area contributed by atoms with E-state index in [2.05, 4.69) is 5.32 Å². The number of hydrogen-bond acceptors (Lipinski definition) is 4. The van der Waals surface area contributed by atoms with E-state index >= 15 is 0 Å². The molecule has 4 N–H and O–H groups in total. The Labute approximate surface area is 105 Å². The van der Waals surface area contributed by atoms with Crippen LogP contribution in [0.3, 0.4) is 0 Å². The summed E-state index contributed by atoms with van der Waals surface area (Å²) in [5.74, 6) is -1.53. The van der Waals surface area contributed by atoms with Crippen LogP contribution in [0.4, 0.5) is 0 Å². The first kappa shape index (κ1) is 14.4. The monoisotopic (exact) mass is 257 g/mol. The minimum Gasteiger partial charge on any atom is -0.481 e. The number of carbonyl (C=O) groups excluding carboxylic acids is 2. The van der Waals surface area contributed by atoms with Crippen molar-refractivity contribution in [2.75, 3.05) is 13.6 Å². The number of likely N-dealkylation sites (tertiary alicyclic amines) is 1. The third-order valence-corrected chi connectivity index (χ3v) is 3.07. The highest BCUT2D eigenvalue weighted by atomic mass is 16.4. The maximum Gasteiger partial charge on any atom is 0.303 e. The summed E-state index contributed by atoms with van der Waals surface area (Å²) in [5, 5.41) is 11.1. The van der Waals surface area contributed by atoms with Crippen molar-refractivity contribution in [3.05, 3.63) is 0 Å². The van der Waals surface area contributed by atoms with E-state index in [0.717, 1.165) is 6.42 Å². The molecule has 2 unspecified atom stereocenters. The number of carboxylic acids is 1. The van der Waals surface area contributed by atoms with Crippen molar-refractivity contribution >= 4 is 17.8 Å². The number of rotatable bonds is 5. The van der Waals surface area contributed by atoms with E-state index in [1.807, 2.05) is 0 Å². The Bertz CT molecular complexity index is 345. The molecule has 2 amide bonds. The van der Waals surface area contributed by atoms with Gasteiger partial charge in [-0.3, -0.25) is 14.4 Å². The van der Waals surface area contributed by atoms with Crippen LogP contribution in [0.1, 0.15) is 25.7 Å². The zero-order chi connectivity index (χ0) is 13.7. The Morgan fingerprint density at radius 3 is 2.72 bits per heavy atom. The summed E-state index contributed by atoms with van der Waals surface area (Å²) in [6.07, 6.45) is 1.32. The number of hydrogen-bond donors (Lipinski definition) is 3. The van der Waals surface area contributed by atoms with Gasteiger partial charge in [0.15, 0.2) is 0 Å². The van der Waals surface area contributed by atoms with Crippen molar-refractivity contribution in [3.8, 4) is 0 Å². The summed E-state index contributed by atoms with van der Waals surface area (Å²) in [5.41, 5.74) is 5.66. The highest BCUT2D eigenvalue weighted by molar-refractivity contribution is 5.90. The minimum absolute atomic E-state index is 0.0884. The quantitative estimate of drug-likeness (QED) is 0.579. The molecule has 0 aliphatic carbocycles. The Morgan fingerprint density at radius 1 is 1.50 bits per heavy atom. The summed E-state index contributed by atoms with van der Waals surface area (Å²) in [6, 6.07) is -1.33. The van der Waals surface area contributed by atoms with Gasteiger partial charge in [0.1, 0.15) is 6.04 Å². The first-order valence-corrected chi connectivity index (χ1v) is 5.96. The molecule has 1 fully saturated rings. The molecule has 1 aliphatic heterocycles. The van der Waals surface area contributed by atoms with Crippen LogP contribution >= 0.6 is 0 Å². The smallest absolute Gasteiger partial charge is 0.303 e. The highest BCUT2D eigenvalue weighted by Gasteiger charge is 2.35. The van der Waals surface area contributed by atoms with E-state index in [-0.39, 0.29) is 24.7 Å². The lowest BCUT2D eigenvalue weighted by Crippen LogP contribution is -2.50. The predicted molar refractivity (Wildman–Crippen MR) is 63.6 cm³/mol. The van der Waals surface area contributed by atoms with Gasteiger partial charge in [-0.15, -0.1) is 0 Å². The molecule has 2 atom stereocenters. The van der Waals surface area contributed by atoms with E-state index in [9.17, 15) is 14.4 Å². The standard InChI is InChI=1S/C11H19N3O4/c1-13-10(17)8-3-2-6-14(8)11(18)7(12)4-5-9(15)16/h7-8H,2-6,12H2,1H3,(H,13,17)(H,15,16). The molecule has 0 radical (unpaired) electrons. The van der Waals surface area contributed by atoms with Crippen molar-refractivity contribution in [1.29, 1.82) is 0 Å². The van der Waals surface area contributed by atoms with E-state index in [0.29, 0.717) is 13.0 Å². The van der Waals surface area contributed by atoms with E-state index in [1.165, 1.54) is 11.9 Å². The van der Waals surface area contributed by atoms with Crippen LogP contribution in [-0.2, 0) is 14.4 Å². The summed E-state index contributed by atoms with van der Waals surface area (Å²) < 4.78 is 0. The number of carbonyl (C=O) groups is 3. The van der Waals surface area contributed by atoms with Crippen molar-refractivity contribution in [2.45, 2.75) is 37.8 Å². The SMILES string of the molecule is CNC(=O)C1CCCN1C(=O)C(N)CCC(=O)O. The molecule has 1 rings (SSSR count). The molecule has 0 saturated carbocycles. The van der Waals surface area contributed by atoms with E-state index < -0.39 is 18.1 Å². The molecule has 1 aliphatic rings. The fourth-order valence-corrected chi connectivity index (χ4v) is 2.09. The molecule has 0 spiro atoms. The van der Waals surface area contributed by atoms with Gasteiger partial charge < -0.3 is 21.1 Å². The van der Waals surface area contributed by atoms with Crippen LogP contribution in [0.25, 0.3) is 0 Å². The average Bonchev–Trinajstić information content (AvgIpc) is 2.82. The number of aliphatic carboxylic acids is 1. The predicted octanol–water partition coefficient (Wildman–Crippen LogP) is -1.08. The van der Waals surface area contributed by atoms with Gasteiger partial charge in [0, 0.05) is 20.0 Å². The van der Waals surface area contributed by atoms with Gasteiger partial charge in [-0.1, -0.05) is 0 Å². The zero-order valence-corrected chi connectivity index (χ0v) is 10.4. The molecule has 0 aromatic heterocycles. The summed E-state index contributed by atoms with van der Waals surface area (Å²) in [4.78, 5) is 35.5. The van der Waals surface area contributed by atoms with Crippen molar-refractivity contribution in [3.63, 3.8) is 0 Å². The molecular weight excluding hydrogens is 238 g/mol. The normalized spacial score (nSPS) is 20.6. The maximum absolute atomic E-state index is 12.0. The second-order valence-corrected chi connectivity index (χ2v) is 4.34. The summed E-state index contributed by atoms with van der Waals surface area (Å²) >= 11 is 0. The summed E-state index contributed by atoms with van der Waals surface area (Å²) in [7, 11) is 1.52. The Morgan fingerprint density at radius 2 is 2.17 bits per heavy atom. The van der Waals surface area contributed by atoms with Crippen LogP contribution < -0.4 is 11.1 Å². The number of amides is 2. The molecule has 7 heteroatoms. The van der Waals surface area contributed by atoms with Crippen molar-refractivity contribution in [2.24, 2.45) is 5.73 Å². The first-order valence-electron chi connectivity index (χ1n) is 5.96. The number of nitrogens with two attached hydrogens (primary N) is 1. The Hall–Kier alpha value is -1.63. The van der Waals surface area contributed by atoms with Gasteiger partial charge in [0.05, 0.1) is 6.04 Å². The molecule has 1 saturated heterocycles. The fraction of sp³-hybridized carbons (Fsp3) is 0.727. The van der Waals surface area contributed by atoms with Gasteiger partial charge >= 0.3 is 5.97 Å². The van der Waals surface area contributed by atoms with E-state index in [1.54, 1.807) is 0 Å². The topological polar surface area (TPSA) is 113 Å². The van der Waals surface area contributed by atoms with Crippen LogP contribution in [0.15, 0.2) is 0 Å². The maximum atomic E-state index is 12.0. The van der Waals surface area contributed by atoms with Gasteiger partial charge in [-0.25, -0.2) is 0 Å². The molecule has 1 heterocycles. The fourth-order valence-electron chi connectivity index (χ4n) is 2.09. The number of nitrogens with zero attached hydrogens (tertiary/aromatic N) is 1. The van der Waals surface area contributed by atoms with Gasteiger partial charge in [-0.05, 0) is 19.3 Å². The third-order valence-electron chi connectivity index (χ3n) is 3.07. The van der Waals surface area contributed by atoms with E-state index in [4.69, 9.17) is 10.8 Å². The molecule has 0 aromatic carbocycles. The molecule has 7 nitrogen and oxygen atoms in total. The van der Waals surface area contributed by atoms with Gasteiger partial charge in [-0.2, -0.15) is 0 Å². The lowest BCUT2D eigenvalue weighted by molar-refractivity contribution is -0.140. The lowest BCUT2D eigenvalue weighted by Gasteiger charge is -2.26. The lowest BCUT2D eigenvalue weighted by atomic mass is 10.1. The largest absolute Gasteiger partial charge is 0.481 e. The second-order valence-electron chi connectivity index (χ2n) is 4.34. The number of carboxylic acid groups (broad SMARTS) is 1. The molecule has 18 heavy (non-hydrogen) atoms. The second kappa shape index (κ2) is 6.34. The molecular formula is C11H19N3O4. The van der Waals surface area contributed by atoms with Crippen LogP contribution in [0, 0.1) is 0 Å². The first-order chi connectivity index (χ1) is 8.47. The van der Waals surface area contributed by atoms with Crippen molar-refractivity contribution in [1.82, 2.24) is 10.2 Å². The summed E-state index contributed by atoms with van der Waals surface area (Å²) in [6.45, 7) is 0.498. The van der Waals surface area contributed by atoms with Gasteiger partial charge in [0.2, 0.25) is 11.8 Å². The number of nitrogens with one attached hydrogen (secondary N) is 1. The van der Waals surface area contributed by atoms with Crippen molar-refractivity contribution < 1.29 is 19.5 Å². The molecule has 0 bridgehead atoms. The van der Waals surface area contributed by atoms with Gasteiger partial charge in [0.25, 0.3) is 0 Å². The molecule has 0 aromatic rings.